The topological polar surface area (TPSA) is 69.7 Å². The van der Waals surface area contributed by atoms with E-state index in [1.54, 1.807) is 0 Å². The maximum absolute atomic E-state index is 13.7. The van der Waals surface area contributed by atoms with Crippen LogP contribution in [0, 0.1) is 5.92 Å². The van der Waals surface area contributed by atoms with Gasteiger partial charge in [-0.15, -0.1) is 0 Å². The van der Waals surface area contributed by atoms with Gasteiger partial charge in [-0.2, -0.15) is 0 Å². The smallest absolute Gasteiger partial charge is 0.245 e. The normalized spacial score (nSPS) is 19.9. The Kier molecular flexibility index (Phi) is 7.66. The summed E-state index contributed by atoms with van der Waals surface area (Å²) in [6.45, 7) is 5.54. The van der Waals surface area contributed by atoms with Crippen molar-refractivity contribution in [1.29, 1.82) is 0 Å². The van der Waals surface area contributed by atoms with Gasteiger partial charge in [0.25, 0.3) is 0 Å². The van der Waals surface area contributed by atoms with Crippen molar-refractivity contribution in [2.45, 2.75) is 57.5 Å². The molecule has 0 aromatic heterocycles. The fourth-order valence-corrected chi connectivity index (χ4v) is 4.85. The summed E-state index contributed by atoms with van der Waals surface area (Å²) in [5, 5.41) is 3.08. The van der Waals surface area contributed by atoms with Gasteiger partial charge in [0.1, 0.15) is 6.04 Å². The summed E-state index contributed by atoms with van der Waals surface area (Å²) in [4.78, 5) is 43.3. The molecule has 180 valence electrons. The number of hydrogen-bond acceptors (Lipinski definition) is 3. The number of piperazine rings is 1. The van der Waals surface area contributed by atoms with Gasteiger partial charge in [-0.25, -0.2) is 0 Å². The second-order valence-electron chi connectivity index (χ2n) is 9.56. The molecule has 1 aliphatic carbocycles. The SMILES string of the molecule is CCC(C(=O)NC(Cc1ccccc1)C(=O)N1CCN(C(=O)C2CC2)C(C)C1)c1ccccc1. The van der Waals surface area contributed by atoms with E-state index in [1.807, 2.05) is 84.3 Å². The predicted molar refractivity (Wildman–Crippen MR) is 132 cm³/mol. The van der Waals surface area contributed by atoms with Gasteiger partial charge in [0.05, 0.1) is 5.92 Å². The molecular formula is C28H35N3O3. The molecule has 3 atom stereocenters. The molecule has 2 aliphatic rings. The third-order valence-corrected chi connectivity index (χ3v) is 6.97. The number of carbonyl (C=O) groups excluding carboxylic acids is 3. The van der Waals surface area contributed by atoms with E-state index in [9.17, 15) is 14.4 Å². The second-order valence-corrected chi connectivity index (χ2v) is 9.56. The first-order valence-electron chi connectivity index (χ1n) is 12.5. The summed E-state index contributed by atoms with van der Waals surface area (Å²) >= 11 is 0. The Morgan fingerprint density at radius 2 is 1.62 bits per heavy atom. The highest BCUT2D eigenvalue weighted by Crippen LogP contribution is 2.32. The van der Waals surface area contributed by atoms with E-state index in [1.165, 1.54) is 0 Å². The Labute approximate surface area is 202 Å². The molecule has 0 bridgehead atoms. The molecule has 4 rings (SSSR count). The molecule has 34 heavy (non-hydrogen) atoms. The first-order valence-corrected chi connectivity index (χ1v) is 12.5. The average molecular weight is 462 g/mol. The summed E-state index contributed by atoms with van der Waals surface area (Å²) in [5.41, 5.74) is 1.96. The number of carbonyl (C=O) groups is 3. The van der Waals surface area contributed by atoms with Crippen LogP contribution < -0.4 is 5.32 Å². The third kappa shape index (κ3) is 5.66. The Hall–Kier alpha value is -3.15. The standard InChI is InChI=1S/C28H35N3O3/c1-3-24(22-12-8-5-9-13-22)26(32)29-25(18-21-10-6-4-7-11-21)28(34)30-16-17-31(20(2)19-30)27(33)23-14-15-23/h4-13,20,23-25H,3,14-19H2,1-2H3,(H,29,32). The quantitative estimate of drug-likeness (QED) is 0.655. The van der Waals surface area contributed by atoms with E-state index in [0.29, 0.717) is 32.5 Å². The molecule has 0 radical (unpaired) electrons. The lowest BCUT2D eigenvalue weighted by Crippen LogP contribution is -2.59. The van der Waals surface area contributed by atoms with Gasteiger partial charge < -0.3 is 15.1 Å². The van der Waals surface area contributed by atoms with Crippen molar-refractivity contribution >= 4 is 17.7 Å². The molecule has 1 saturated heterocycles. The summed E-state index contributed by atoms with van der Waals surface area (Å²) in [5.74, 6) is -0.107. The van der Waals surface area contributed by atoms with Crippen molar-refractivity contribution in [3.05, 3.63) is 71.8 Å². The highest BCUT2D eigenvalue weighted by molar-refractivity contribution is 5.91. The molecule has 2 aromatic rings. The fourth-order valence-electron chi connectivity index (χ4n) is 4.85. The zero-order chi connectivity index (χ0) is 24.1. The van der Waals surface area contributed by atoms with Crippen LogP contribution in [-0.4, -0.2) is 59.2 Å². The first kappa shape index (κ1) is 24.0. The predicted octanol–water partition coefficient (Wildman–Crippen LogP) is 3.38. The van der Waals surface area contributed by atoms with Crippen molar-refractivity contribution in [2.24, 2.45) is 5.92 Å². The van der Waals surface area contributed by atoms with Crippen LogP contribution in [0.15, 0.2) is 60.7 Å². The molecule has 6 nitrogen and oxygen atoms in total. The lowest BCUT2D eigenvalue weighted by molar-refractivity contribution is -0.145. The van der Waals surface area contributed by atoms with Gasteiger partial charge in [0.2, 0.25) is 17.7 Å². The van der Waals surface area contributed by atoms with Crippen LogP contribution in [0.4, 0.5) is 0 Å². The lowest BCUT2D eigenvalue weighted by Gasteiger charge is -2.41. The monoisotopic (exact) mass is 461 g/mol. The van der Waals surface area contributed by atoms with E-state index >= 15 is 0 Å². The molecule has 1 heterocycles. The van der Waals surface area contributed by atoms with Crippen LogP contribution in [-0.2, 0) is 20.8 Å². The van der Waals surface area contributed by atoms with Gasteiger partial charge in [-0.1, -0.05) is 67.6 Å². The average Bonchev–Trinajstić information content (AvgIpc) is 3.70. The van der Waals surface area contributed by atoms with E-state index < -0.39 is 6.04 Å². The first-order chi connectivity index (χ1) is 16.5. The van der Waals surface area contributed by atoms with Crippen molar-refractivity contribution < 1.29 is 14.4 Å². The Balaban J connectivity index is 1.48. The summed E-state index contributed by atoms with van der Waals surface area (Å²) < 4.78 is 0. The van der Waals surface area contributed by atoms with E-state index in [-0.39, 0.29) is 35.6 Å². The van der Waals surface area contributed by atoms with Gasteiger partial charge in [0.15, 0.2) is 0 Å². The van der Waals surface area contributed by atoms with Crippen molar-refractivity contribution in [2.75, 3.05) is 19.6 Å². The minimum absolute atomic E-state index is 0.0217. The van der Waals surface area contributed by atoms with Crippen LogP contribution in [0.3, 0.4) is 0 Å². The van der Waals surface area contributed by atoms with Gasteiger partial charge in [0, 0.05) is 38.0 Å². The van der Waals surface area contributed by atoms with Crippen molar-refractivity contribution in [3.8, 4) is 0 Å². The number of amides is 3. The maximum atomic E-state index is 13.7. The highest BCUT2D eigenvalue weighted by Gasteiger charge is 2.39. The molecule has 6 heteroatoms. The number of benzene rings is 2. The van der Waals surface area contributed by atoms with Gasteiger partial charge in [-0.3, -0.25) is 14.4 Å². The zero-order valence-corrected chi connectivity index (χ0v) is 20.2. The summed E-state index contributed by atoms with van der Waals surface area (Å²) in [6.07, 6.45) is 3.05. The third-order valence-electron chi connectivity index (χ3n) is 6.97. The van der Waals surface area contributed by atoms with E-state index in [0.717, 1.165) is 24.0 Å². The molecule has 1 N–H and O–H groups in total. The fraction of sp³-hybridized carbons (Fsp3) is 0.464. The molecular weight excluding hydrogens is 426 g/mol. The minimum atomic E-state index is -0.648. The maximum Gasteiger partial charge on any atom is 0.245 e. The molecule has 2 aromatic carbocycles. The van der Waals surface area contributed by atoms with E-state index in [2.05, 4.69) is 5.32 Å². The van der Waals surface area contributed by atoms with Crippen LogP contribution in [0.2, 0.25) is 0 Å². The second kappa shape index (κ2) is 10.9. The molecule has 3 amide bonds. The Morgan fingerprint density at radius 1 is 0.971 bits per heavy atom. The Bertz CT molecular complexity index is 990. The van der Waals surface area contributed by atoms with Crippen LogP contribution in [0.5, 0.6) is 0 Å². The van der Waals surface area contributed by atoms with Crippen LogP contribution >= 0.6 is 0 Å². The van der Waals surface area contributed by atoms with Crippen LogP contribution in [0.1, 0.15) is 50.2 Å². The van der Waals surface area contributed by atoms with E-state index in [4.69, 9.17) is 0 Å². The lowest BCUT2D eigenvalue weighted by atomic mass is 9.94. The minimum Gasteiger partial charge on any atom is -0.343 e. The van der Waals surface area contributed by atoms with Crippen molar-refractivity contribution in [1.82, 2.24) is 15.1 Å². The molecule has 1 aliphatic heterocycles. The molecule has 3 unspecified atom stereocenters. The number of hydrogen-bond donors (Lipinski definition) is 1. The molecule has 0 spiro atoms. The van der Waals surface area contributed by atoms with Crippen LogP contribution in [0.25, 0.3) is 0 Å². The van der Waals surface area contributed by atoms with Gasteiger partial charge in [-0.05, 0) is 37.3 Å². The largest absolute Gasteiger partial charge is 0.343 e. The number of nitrogens with zero attached hydrogens (tertiary/aromatic N) is 2. The Morgan fingerprint density at radius 3 is 2.21 bits per heavy atom. The summed E-state index contributed by atoms with van der Waals surface area (Å²) in [6, 6.07) is 18.8. The zero-order valence-electron chi connectivity index (χ0n) is 20.2. The van der Waals surface area contributed by atoms with Gasteiger partial charge >= 0.3 is 0 Å². The molecule has 1 saturated carbocycles. The van der Waals surface area contributed by atoms with Crippen molar-refractivity contribution in [3.63, 3.8) is 0 Å². The highest BCUT2D eigenvalue weighted by atomic mass is 16.2. The molecule has 2 fully saturated rings. The summed E-state index contributed by atoms with van der Waals surface area (Å²) in [7, 11) is 0. The number of nitrogens with one attached hydrogen (secondary N) is 1. The number of rotatable bonds is 8.